The molecular weight excluding hydrogens is 310 g/mol. The highest BCUT2D eigenvalue weighted by molar-refractivity contribution is 7.99. The molecule has 1 heterocycles. The Morgan fingerprint density at radius 3 is 2.96 bits per heavy atom. The number of benzene rings is 1. The Kier molecular flexibility index (Phi) is 6.40. The van der Waals surface area contributed by atoms with Crippen LogP contribution in [0.2, 0.25) is 0 Å². The quantitative estimate of drug-likeness (QED) is 0.459. The molecule has 1 N–H and O–H groups in total. The van der Waals surface area contributed by atoms with E-state index < -0.39 is 0 Å². The van der Waals surface area contributed by atoms with Crippen LogP contribution in [0, 0.1) is 0 Å². The molecule has 2 aromatic rings. The van der Waals surface area contributed by atoms with Gasteiger partial charge in [0.05, 0.1) is 16.7 Å². The summed E-state index contributed by atoms with van der Waals surface area (Å²) in [6.07, 6.45) is 3.52. The van der Waals surface area contributed by atoms with Crippen molar-refractivity contribution in [3.05, 3.63) is 47.3 Å². The van der Waals surface area contributed by atoms with Crippen LogP contribution in [0.25, 0.3) is 10.9 Å². The van der Waals surface area contributed by atoms with E-state index in [1.807, 2.05) is 18.2 Å². The molecule has 1 aromatic heterocycles. The SMILES string of the molecule is C=CCNC(=O)CSc1nc2ccccc2c(=O)n1CCCC. The van der Waals surface area contributed by atoms with Crippen LogP contribution in [0.5, 0.6) is 0 Å². The Morgan fingerprint density at radius 1 is 1.43 bits per heavy atom. The van der Waals surface area contributed by atoms with Gasteiger partial charge in [0.2, 0.25) is 5.91 Å². The minimum absolute atomic E-state index is 0.0435. The number of hydrogen-bond donors (Lipinski definition) is 1. The Balaban J connectivity index is 2.30. The second-order valence-electron chi connectivity index (χ2n) is 5.10. The topological polar surface area (TPSA) is 64.0 Å². The van der Waals surface area contributed by atoms with E-state index in [9.17, 15) is 9.59 Å². The van der Waals surface area contributed by atoms with E-state index in [4.69, 9.17) is 0 Å². The lowest BCUT2D eigenvalue weighted by Gasteiger charge is -2.12. The highest BCUT2D eigenvalue weighted by Crippen LogP contribution is 2.18. The Hall–Kier alpha value is -2.08. The predicted octanol–water partition coefficient (Wildman–Crippen LogP) is 2.59. The molecule has 0 saturated heterocycles. The van der Waals surface area contributed by atoms with Gasteiger partial charge in [-0.3, -0.25) is 14.2 Å². The lowest BCUT2D eigenvalue weighted by molar-refractivity contribution is -0.118. The van der Waals surface area contributed by atoms with Crippen LogP contribution in [0.1, 0.15) is 19.8 Å². The van der Waals surface area contributed by atoms with Crippen molar-refractivity contribution in [2.75, 3.05) is 12.3 Å². The Morgan fingerprint density at radius 2 is 2.22 bits per heavy atom. The molecule has 0 unspecified atom stereocenters. The molecule has 0 aliphatic rings. The van der Waals surface area contributed by atoms with E-state index in [-0.39, 0.29) is 17.2 Å². The molecule has 0 radical (unpaired) electrons. The van der Waals surface area contributed by atoms with Gasteiger partial charge in [0.15, 0.2) is 5.16 Å². The number of para-hydroxylation sites is 1. The third-order valence-corrected chi connectivity index (χ3v) is 4.31. The number of carbonyl (C=O) groups is 1. The summed E-state index contributed by atoms with van der Waals surface area (Å²) < 4.78 is 1.68. The summed E-state index contributed by atoms with van der Waals surface area (Å²) in [6, 6.07) is 7.31. The molecule has 122 valence electrons. The fourth-order valence-corrected chi connectivity index (χ4v) is 2.99. The minimum Gasteiger partial charge on any atom is -0.352 e. The van der Waals surface area contributed by atoms with Crippen LogP contribution >= 0.6 is 11.8 Å². The van der Waals surface area contributed by atoms with Crippen LogP contribution in [0.4, 0.5) is 0 Å². The zero-order valence-electron chi connectivity index (χ0n) is 13.2. The van der Waals surface area contributed by atoms with E-state index >= 15 is 0 Å². The van der Waals surface area contributed by atoms with Crippen LogP contribution in [-0.4, -0.2) is 27.8 Å². The predicted molar refractivity (Wildman–Crippen MR) is 94.8 cm³/mol. The molecule has 2 rings (SSSR count). The van der Waals surface area contributed by atoms with Gasteiger partial charge in [-0.15, -0.1) is 6.58 Å². The highest BCUT2D eigenvalue weighted by Gasteiger charge is 2.12. The van der Waals surface area contributed by atoms with Crippen molar-refractivity contribution in [3.8, 4) is 0 Å². The molecule has 0 fully saturated rings. The molecular formula is C17H21N3O2S. The van der Waals surface area contributed by atoms with Gasteiger partial charge in [-0.2, -0.15) is 0 Å². The number of aromatic nitrogens is 2. The summed E-state index contributed by atoms with van der Waals surface area (Å²) in [5.41, 5.74) is 0.622. The molecule has 1 aromatic carbocycles. The summed E-state index contributed by atoms with van der Waals surface area (Å²) in [5, 5.41) is 3.93. The number of fused-ring (bicyclic) bond motifs is 1. The van der Waals surface area contributed by atoms with Crippen molar-refractivity contribution >= 4 is 28.6 Å². The molecule has 6 heteroatoms. The lowest BCUT2D eigenvalue weighted by Crippen LogP contribution is -2.27. The van der Waals surface area contributed by atoms with Crippen molar-refractivity contribution in [2.24, 2.45) is 0 Å². The first-order chi connectivity index (χ1) is 11.2. The van der Waals surface area contributed by atoms with E-state index in [0.717, 1.165) is 12.8 Å². The number of hydrogen-bond acceptors (Lipinski definition) is 4. The zero-order valence-corrected chi connectivity index (χ0v) is 14.1. The number of amides is 1. The third-order valence-electron chi connectivity index (χ3n) is 3.34. The number of nitrogens with zero attached hydrogens (tertiary/aromatic N) is 2. The standard InChI is InChI=1S/C17H21N3O2S/c1-3-5-11-20-16(22)13-8-6-7-9-14(13)19-17(20)23-12-15(21)18-10-4-2/h4,6-9H,2-3,5,10-12H2,1H3,(H,18,21). The first kappa shape index (κ1) is 17.3. The normalized spacial score (nSPS) is 10.7. The zero-order chi connectivity index (χ0) is 16.7. The van der Waals surface area contributed by atoms with Crippen molar-refractivity contribution in [2.45, 2.75) is 31.5 Å². The van der Waals surface area contributed by atoms with Gasteiger partial charge in [-0.05, 0) is 18.6 Å². The number of unbranched alkanes of at least 4 members (excludes halogenated alkanes) is 1. The molecule has 23 heavy (non-hydrogen) atoms. The smallest absolute Gasteiger partial charge is 0.262 e. The van der Waals surface area contributed by atoms with Gasteiger partial charge < -0.3 is 5.32 Å². The average Bonchev–Trinajstić information content (AvgIpc) is 2.57. The average molecular weight is 331 g/mol. The maximum Gasteiger partial charge on any atom is 0.262 e. The molecule has 0 saturated carbocycles. The minimum atomic E-state index is -0.0978. The first-order valence-electron chi connectivity index (χ1n) is 7.67. The second kappa shape index (κ2) is 8.53. The van der Waals surface area contributed by atoms with Crippen LogP contribution < -0.4 is 10.9 Å². The monoisotopic (exact) mass is 331 g/mol. The molecule has 0 spiro atoms. The van der Waals surface area contributed by atoms with Crippen molar-refractivity contribution in [1.29, 1.82) is 0 Å². The molecule has 0 aliphatic carbocycles. The second-order valence-corrected chi connectivity index (χ2v) is 6.05. The first-order valence-corrected chi connectivity index (χ1v) is 8.66. The van der Waals surface area contributed by atoms with E-state index in [2.05, 4.69) is 23.8 Å². The maximum absolute atomic E-state index is 12.7. The lowest BCUT2D eigenvalue weighted by atomic mass is 10.2. The summed E-state index contributed by atoms with van der Waals surface area (Å²) in [6.45, 7) is 6.70. The van der Waals surface area contributed by atoms with Crippen molar-refractivity contribution in [3.63, 3.8) is 0 Å². The summed E-state index contributed by atoms with van der Waals surface area (Å²) in [4.78, 5) is 29.0. The number of rotatable bonds is 8. The Labute approximate surface area is 139 Å². The summed E-state index contributed by atoms with van der Waals surface area (Å²) in [7, 11) is 0. The largest absolute Gasteiger partial charge is 0.352 e. The number of nitrogens with one attached hydrogen (secondary N) is 1. The molecule has 5 nitrogen and oxygen atoms in total. The van der Waals surface area contributed by atoms with E-state index in [0.29, 0.717) is 29.1 Å². The third kappa shape index (κ3) is 4.45. The number of carbonyl (C=O) groups excluding carboxylic acids is 1. The van der Waals surface area contributed by atoms with Crippen LogP contribution in [0.3, 0.4) is 0 Å². The van der Waals surface area contributed by atoms with Gasteiger partial charge in [0.25, 0.3) is 5.56 Å². The highest BCUT2D eigenvalue weighted by atomic mass is 32.2. The van der Waals surface area contributed by atoms with Gasteiger partial charge in [0, 0.05) is 13.1 Å². The molecule has 0 aliphatic heterocycles. The summed E-state index contributed by atoms with van der Waals surface area (Å²) in [5.74, 6) is 0.129. The molecule has 0 bridgehead atoms. The summed E-state index contributed by atoms with van der Waals surface area (Å²) >= 11 is 1.29. The van der Waals surface area contributed by atoms with Crippen molar-refractivity contribution in [1.82, 2.24) is 14.9 Å². The van der Waals surface area contributed by atoms with E-state index in [1.54, 1.807) is 16.7 Å². The molecule has 1 amide bonds. The van der Waals surface area contributed by atoms with Crippen LogP contribution in [0.15, 0.2) is 46.9 Å². The van der Waals surface area contributed by atoms with Crippen LogP contribution in [-0.2, 0) is 11.3 Å². The van der Waals surface area contributed by atoms with Gasteiger partial charge in [0.1, 0.15) is 0 Å². The van der Waals surface area contributed by atoms with Gasteiger partial charge in [-0.25, -0.2) is 4.98 Å². The van der Waals surface area contributed by atoms with Gasteiger partial charge >= 0.3 is 0 Å². The van der Waals surface area contributed by atoms with E-state index in [1.165, 1.54) is 11.8 Å². The fourth-order valence-electron chi connectivity index (χ4n) is 2.14. The van der Waals surface area contributed by atoms with Crippen molar-refractivity contribution < 1.29 is 4.79 Å². The maximum atomic E-state index is 12.7. The number of thioether (sulfide) groups is 1. The Bertz CT molecular complexity index is 755. The fraction of sp³-hybridized carbons (Fsp3) is 0.353. The van der Waals surface area contributed by atoms with Gasteiger partial charge in [-0.1, -0.05) is 43.3 Å². The molecule has 0 atom stereocenters.